The normalized spacial score (nSPS) is 9.54. The van der Waals surface area contributed by atoms with E-state index in [1.807, 2.05) is 11.4 Å². The smallest absolute Gasteiger partial charge is 0.541 e. The van der Waals surface area contributed by atoms with Crippen molar-refractivity contribution in [1.29, 1.82) is 0 Å². The number of ketones is 1. The van der Waals surface area contributed by atoms with Crippen LogP contribution in [0.3, 0.4) is 0 Å². The molecule has 0 saturated carbocycles. The third-order valence-corrected chi connectivity index (χ3v) is 1.98. The van der Waals surface area contributed by atoms with E-state index in [-0.39, 0.29) is 29.6 Å². The number of hydrogen-bond acceptors (Lipinski definition) is 4. The molecule has 0 amide bonds. The number of thiophene rings is 1. The first kappa shape index (κ1) is 12.6. The Balaban J connectivity index is 0.00000144. The maximum atomic E-state index is 10.5. The molecule has 0 N–H and O–H groups in total. The maximum Gasteiger partial charge on any atom is 1.00 e. The van der Waals surface area contributed by atoms with Crippen LogP contribution in [0.4, 0.5) is 0 Å². The first-order valence-electron chi connectivity index (χ1n) is 3.17. The average Bonchev–Trinajstić information content (AvgIpc) is 2.51. The van der Waals surface area contributed by atoms with Crippen molar-refractivity contribution in [2.75, 3.05) is 0 Å². The van der Waals surface area contributed by atoms with Crippen LogP contribution in [0.5, 0.6) is 0 Å². The van der Waals surface area contributed by atoms with Gasteiger partial charge in [0.2, 0.25) is 5.78 Å². The second kappa shape index (κ2) is 6.10. The molecular formula is C8H5NaO3S. The SMILES string of the molecule is O=C([O-])C(=O)C=Cc1cccs1.[Na+]. The van der Waals surface area contributed by atoms with Crippen LogP contribution in [0.15, 0.2) is 23.6 Å². The molecule has 0 spiro atoms. The molecule has 0 aliphatic heterocycles. The monoisotopic (exact) mass is 204 g/mol. The van der Waals surface area contributed by atoms with Gasteiger partial charge in [-0.3, -0.25) is 4.79 Å². The van der Waals surface area contributed by atoms with E-state index in [0.29, 0.717) is 0 Å². The largest absolute Gasteiger partial charge is 1.00 e. The van der Waals surface area contributed by atoms with Gasteiger partial charge in [0.15, 0.2) is 0 Å². The number of carboxylic acid groups (broad SMARTS) is 1. The Morgan fingerprint density at radius 2 is 2.15 bits per heavy atom. The van der Waals surface area contributed by atoms with Crippen molar-refractivity contribution in [3.05, 3.63) is 28.5 Å². The molecular weight excluding hydrogens is 199 g/mol. The first-order valence-corrected chi connectivity index (χ1v) is 4.05. The van der Waals surface area contributed by atoms with E-state index >= 15 is 0 Å². The molecule has 1 rings (SSSR count). The van der Waals surface area contributed by atoms with Gasteiger partial charge in [0.05, 0.1) is 0 Å². The fraction of sp³-hybridized carbons (Fsp3) is 0. The van der Waals surface area contributed by atoms with Gasteiger partial charge in [0.25, 0.3) is 0 Å². The van der Waals surface area contributed by atoms with Crippen LogP contribution in [0.1, 0.15) is 4.88 Å². The predicted molar refractivity (Wildman–Crippen MR) is 43.4 cm³/mol. The van der Waals surface area contributed by atoms with Crippen molar-refractivity contribution < 1.29 is 44.3 Å². The quantitative estimate of drug-likeness (QED) is 0.301. The molecule has 0 aliphatic carbocycles. The summed E-state index contributed by atoms with van der Waals surface area (Å²) in [4.78, 5) is 21.3. The van der Waals surface area contributed by atoms with Crippen molar-refractivity contribution in [2.24, 2.45) is 0 Å². The number of carbonyl (C=O) groups excluding carboxylic acids is 2. The summed E-state index contributed by atoms with van der Waals surface area (Å²) >= 11 is 1.42. The molecule has 1 aromatic heterocycles. The van der Waals surface area contributed by atoms with Gasteiger partial charge < -0.3 is 9.90 Å². The van der Waals surface area contributed by atoms with Crippen molar-refractivity contribution in [3.63, 3.8) is 0 Å². The summed E-state index contributed by atoms with van der Waals surface area (Å²) in [6.45, 7) is 0. The number of hydrogen-bond donors (Lipinski definition) is 0. The Kier molecular flexibility index (Phi) is 5.90. The number of carbonyl (C=O) groups is 2. The summed E-state index contributed by atoms with van der Waals surface area (Å²) in [5, 5.41) is 11.8. The molecule has 0 aliphatic rings. The molecule has 62 valence electrons. The average molecular weight is 204 g/mol. The summed E-state index contributed by atoms with van der Waals surface area (Å²) in [6.07, 6.45) is 2.43. The van der Waals surface area contributed by atoms with E-state index in [4.69, 9.17) is 0 Å². The van der Waals surface area contributed by atoms with Gasteiger partial charge in [-0.15, -0.1) is 11.3 Å². The molecule has 0 radical (unpaired) electrons. The molecule has 13 heavy (non-hydrogen) atoms. The number of aliphatic carboxylic acids is 1. The van der Waals surface area contributed by atoms with E-state index in [0.717, 1.165) is 11.0 Å². The molecule has 3 nitrogen and oxygen atoms in total. The van der Waals surface area contributed by atoms with Gasteiger partial charge in [0.1, 0.15) is 5.97 Å². The Hall–Kier alpha value is -0.420. The molecule has 0 fully saturated rings. The van der Waals surface area contributed by atoms with Crippen molar-refractivity contribution >= 4 is 29.2 Å². The maximum absolute atomic E-state index is 10.5. The summed E-state index contributed by atoms with van der Waals surface area (Å²) in [6, 6.07) is 3.59. The second-order valence-electron chi connectivity index (χ2n) is 2.00. The minimum Gasteiger partial charge on any atom is -0.541 e. The summed E-state index contributed by atoms with van der Waals surface area (Å²) in [5.74, 6) is -2.69. The summed E-state index contributed by atoms with van der Waals surface area (Å²) in [7, 11) is 0. The van der Waals surface area contributed by atoms with Gasteiger partial charge in [-0.25, -0.2) is 0 Å². The van der Waals surface area contributed by atoms with Gasteiger partial charge in [0, 0.05) is 4.88 Å². The second-order valence-corrected chi connectivity index (χ2v) is 2.98. The molecule has 5 heteroatoms. The summed E-state index contributed by atoms with van der Waals surface area (Å²) in [5.41, 5.74) is 0. The van der Waals surface area contributed by atoms with E-state index < -0.39 is 11.8 Å². The molecule has 0 bridgehead atoms. The van der Waals surface area contributed by atoms with Crippen molar-refractivity contribution in [1.82, 2.24) is 0 Å². The zero-order chi connectivity index (χ0) is 8.97. The van der Waals surface area contributed by atoms with Gasteiger partial charge in [-0.2, -0.15) is 0 Å². The van der Waals surface area contributed by atoms with Gasteiger partial charge >= 0.3 is 29.6 Å². The Bertz CT molecular complexity index is 316. The van der Waals surface area contributed by atoms with Crippen LogP contribution in [0.2, 0.25) is 0 Å². The number of rotatable bonds is 3. The summed E-state index contributed by atoms with van der Waals surface area (Å²) < 4.78 is 0. The topological polar surface area (TPSA) is 57.2 Å². The Labute approximate surface area is 101 Å². The zero-order valence-electron chi connectivity index (χ0n) is 7.02. The standard InChI is InChI=1S/C8H6O3S.Na/c9-7(8(10)11)4-3-6-2-1-5-12-6;/h1-5H,(H,10,11);/q;+1/p-1. The third-order valence-electron chi connectivity index (χ3n) is 1.14. The Morgan fingerprint density at radius 1 is 1.46 bits per heavy atom. The molecule has 0 unspecified atom stereocenters. The van der Waals surface area contributed by atoms with Crippen LogP contribution < -0.4 is 34.7 Å². The first-order chi connectivity index (χ1) is 5.70. The van der Waals surface area contributed by atoms with Gasteiger partial charge in [-0.1, -0.05) is 6.07 Å². The fourth-order valence-electron chi connectivity index (χ4n) is 0.612. The molecule has 0 aromatic carbocycles. The molecule has 1 heterocycles. The minimum atomic E-state index is -1.68. The molecule has 0 saturated heterocycles. The van der Waals surface area contributed by atoms with E-state index in [9.17, 15) is 14.7 Å². The predicted octanol–water partition coefficient (Wildman–Crippen LogP) is -2.92. The van der Waals surface area contributed by atoms with Crippen LogP contribution in [0.25, 0.3) is 6.08 Å². The third kappa shape index (κ3) is 4.38. The Morgan fingerprint density at radius 3 is 2.62 bits per heavy atom. The number of carboxylic acids is 1. The van der Waals surface area contributed by atoms with Crippen LogP contribution in [-0.4, -0.2) is 11.8 Å². The zero-order valence-corrected chi connectivity index (χ0v) is 9.84. The van der Waals surface area contributed by atoms with Crippen molar-refractivity contribution in [2.45, 2.75) is 0 Å². The van der Waals surface area contributed by atoms with Crippen molar-refractivity contribution in [3.8, 4) is 0 Å². The minimum absolute atomic E-state index is 0. The van der Waals surface area contributed by atoms with E-state index in [1.165, 1.54) is 17.4 Å². The molecule has 0 atom stereocenters. The van der Waals surface area contributed by atoms with E-state index in [2.05, 4.69) is 0 Å². The van der Waals surface area contributed by atoms with Crippen LogP contribution in [0, 0.1) is 0 Å². The van der Waals surface area contributed by atoms with Crippen LogP contribution >= 0.6 is 11.3 Å². The fourth-order valence-corrected chi connectivity index (χ4v) is 1.23. The van der Waals surface area contributed by atoms with Gasteiger partial charge in [-0.05, 0) is 23.6 Å². The van der Waals surface area contributed by atoms with Crippen LogP contribution in [-0.2, 0) is 9.59 Å². The molecule has 1 aromatic rings. The van der Waals surface area contributed by atoms with E-state index in [1.54, 1.807) is 6.07 Å².